The van der Waals surface area contributed by atoms with Crippen LogP contribution in [0.3, 0.4) is 0 Å². The van der Waals surface area contributed by atoms with Crippen molar-refractivity contribution in [2.45, 2.75) is 64.4 Å². The van der Waals surface area contributed by atoms with Gasteiger partial charge in [0, 0.05) is 13.1 Å². The molecular formula is C27H33NO2. The highest BCUT2D eigenvalue weighted by Gasteiger charge is 2.46. The zero-order valence-electron chi connectivity index (χ0n) is 18.4. The zero-order chi connectivity index (χ0) is 20.9. The molecule has 4 aliphatic heterocycles. The lowest BCUT2D eigenvalue weighted by molar-refractivity contribution is 0.0769. The summed E-state index contributed by atoms with van der Waals surface area (Å²) >= 11 is 0. The van der Waals surface area contributed by atoms with Crippen LogP contribution in [0.1, 0.15) is 69.1 Å². The summed E-state index contributed by atoms with van der Waals surface area (Å²) in [6, 6.07) is 14.9. The van der Waals surface area contributed by atoms with E-state index in [0.29, 0.717) is 17.6 Å². The van der Waals surface area contributed by atoms with Crippen LogP contribution in [0.2, 0.25) is 0 Å². The van der Waals surface area contributed by atoms with Gasteiger partial charge in [-0.1, -0.05) is 37.3 Å². The minimum Gasteiger partial charge on any atom is -0.507 e. The second-order valence-electron chi connectivity index (χ2n) is 9.83. The number of benzene rings is 2. The first kappa shape index (κ1) is 19.5. The van der Waals surface area contributed by atoms with Crippen LogP contribution in [-0.2, 0) is 6.42 Å². The number of piperidine rings is 1. The lowest BCUT2D eigenvalue weighted by Crippen LogP contribution is -2.50. The molecule has 6 rings (SSSR count). The van der Waals surface area contributed by atoms with Gasteiger partial charge >= 0.3 is 0 Å². The fraction of sp³-hybridized carbons (Fsp3) is 0.481. The summed E-state index contributed by atoms with van der Waals surface area (Å²) in [5, 5.41) is 11.1. The van der Waals surface area contributed by atoms with E-state index in [0.717, 1.165) is 43.7 Å². The van der Waals surface area contributed by atoms with E-state index in [-0.39, 0.29) is 5.60 Å². The van der Waals surface area contributed by atoms with Crippen LogP contribution >= 0.6 is 0 Å². The second-order valence-corrected chi connectivity index (χ2v) is 9.83. The smallest absolute Gasteiger partial charge is 0.143 e. The van der Waals surface area contributed by atoms with Gasteiger partial charge < -0.3 is 14.7 Å². The Morgan fingerprint density at radius 1 is 1.13 bits per heavy atom. The molecule has 0 aliphatic carbocycles. The van der Waals surface area contributed by atoms with Gasteiger partial charge in [-0.05, 0) is 86.6 Å². The molecule has 4 aliphatic rings. The minimum absolute atomic E-state index is 0.344. The van der Waals surface area contributed by atoms with Gasteiger partial charge in [-0.2, -0.15) is 0 Å². The minimum atomic E-state index is -0.344. The summed E-state index contributed by atoms with van der Waals surface area (Å²) in [7, 11) is 0. The quantitative estimate of drug-likeness (QED) is 0.652. The van der Waals surface area contributed by atoms with E-state index in [1.807, 2.05) is 6.07 Å². The van der Waals surface area contributed by atoms with E-state index in [1.54, 1.807) is 0 Å². The molecule has 1 N–H and O–H groups in total. The van der Waals surface area contributed by atoms with Gasteiger partial charge in [-0.25, -0.2) is 0 Å². The largest absolute Gasteiger partial charge is 0.507 e. The van der Waals surface area contributed by atoms with E-state index in [9.17, 15) is 5.11 Å². The maximum absolute atomic E-state index is 11.1. The molecule has 0 radical (unpaired) electrons. The van der Waals surface area contributed by atoms with Crippen molar-refractivity contribution in [2.75, 3.05) is 13.1 Å². The van der Waals surface area contributed by atoms with E-state index < -0.39 is 0 Å². The maximum Gasteiger partial charge on any atom is 0.143 e. The molecule has 1 unspecified atom stereocenters. The average molecular weight is 404 g/mol. The number of aryl methyl sites for hydroxylation is 1. The Balaban J connectivity index is 1.41. The van der Waals surface area contributed by atoms with Crippen molar-refractivity contribution in [3.05, 3.63) is 64.9 Å². The zero-order valence-corrected chi connectivity index (χ0v) is 18.4. The number of hydrogen-bond acceptors (Lipinski definition) is 3. The predicted molar refractivity (Wildman–Crippen MR) is 122 cm³/mol. The highest BCUT2D eigenvalue weighted by atomic mass is 16.5. The Morgan fingerprint density at radius 2 is 1.87 bits per heavy atom. The number of ether oxygens (including phenoxy) is 1. The Kier molecular flexibility index (Phi) is 4.80. The molecule has 0 saturated carbocycles. The SMILES string of the molecule is CC(CCCc1ccccc1)c1cc(O)c2c(c1)OC(C)(C)C1=C2C2CCN1CC2. The number of hydrogen-bond donors (Lipinski definition) is 1. The molecule has 2 bridgehead atoms. The van der Waals surface area contributed by atoms with Crippen molar-refractivity contribution in [3.8, 4) is 11.5 Å². The number of aromatic hydroxyl groups is 1. The molecule has 4 heterocycles. The van der Waals surface area contributed by atoms with Crippen molar-refractivity contribution in [3.63, 3.8) is 0 Å². The Hall–Kier alpha value is -2.42. The first-order chi connectivity index (χ1) is 14.4. The van der Waals surface area contributed by atoms with Crippen molar-refractivity contribution >= 4 is 5.57 Å². The normalized spacial score (nSPS) is 20.6. The third-order valence-electron chi connectivity index (χ3n) is 7.30. The third-order valence-corrected chi connectivity index (χ3v) is 7.30. The van der Waals surface area contributed by atoms with Gasteiger partial charge in [0.15, 0.2) is 0 Å². The van der Waals surface area contributed by atoms with Crippen LogP contribution in [0.15, 0.2) is 48.2 Å². The summed E-state index contributed by atoms with van der Waals surface area (Å²) in [6.45, 7) is 8.85. The molecule has 158 valence electrons. The van der Waals surface area contributed by atoms with Crippen LogP contribution in [-0.4, -0.2) is 28.7 Å². The Morgan fingerprint density at radius 3 is 2.60 bits per heavy atom. The lowest BCUT2D eigenvalue weighted by atomic mass is 9.73. The van der Waals surface area contributed by atoms with Crippen LogP contribution in [0.25, 0.3) is 5.57 Å². The molecule has 3 nitrogen and oxygen atoms in total. The van der Waals surface area contributed by atoms with Gasteiger partial charge in [-0.15, -0.1) is 0 Å². The van der Waals surface area contributed by atoms with Crippen molar-refractivity contribution in [1.82, 2.24) is 4.90 Å². The Bertz CT molecular complexity index is 968. The third kappa shape index (κ3) is 3.29. The van der Waals surface area contributed by atoms with Gasteiger partial charge in [-0.3, -0.25) is 0 Å². The number of rotatable bonds is 5. The van der Waals surface area contributed by atoms with Crippen LogP contribution in [0, 0.1) is 5.92 Å². The van der Waals surface area contributed by atoms with Crippen LogP contribution < -0.4 is 4.74 Å². The lowest BCUT2D eigenvalue weighted by Gasteiger charge is -2.51. The van der Waals surface area contributed by atoms with Crippen LogP contribution in [0.5, 0.6) is 11.5 Å². The molecule has 30 heavy (non-hydrogen) atoms. The Labute approximate surface area is 180 Å². The van der Waals surface area contributed by atoms with Crippen molar-refractivity contribution < 1.29 is 9.84 Å². The van der Waals surface area contributed by atoms with E-state index in [1.165, 1.54) is 35.2 Å². The molecule has 0 spiro atoms. The van der Waals surface area contributed by atoms with Crippen molar-refractivity contribution in [1.29, 1.82) is 0 Å². The van der Waals surface area contributed by atoms with E-state index >= 15 is 0 Å². The topological polar surface area (TPSA) is 32.7 Å². The average Bonchev–Trinajstić information content (AvgIpc) is 2.74. The predicted octanol–water partition coefficient (Wildman–Crippen LogP) is 6.13. The number of phenols is 1. The number of nitrogens with zero attached hydrogens (tertiary/aromatic N) is 1. The molecule has 1 atom stereocenters. The number of allylic oxidation sites excluding steroid dienone is 1. The van der Waals surface area contributed by atoms with Gasteiger partial charge in [0.25, 0.3) is 0 Å². The van der Waals surface area contributed by atoms with Gasteiger partial charge in [0.05, 0.1) is 11.3 Å². The summed E-state index contributed by atoms with van der Waals surface area (Å²) in [5.41, 5.74) is 5.84. The van der Waals surface area contributed by atoms with Crippen LogP contribution in [0.4, 0.5) is 0 Å². The van der Waals surface area contributed by atoms with E-state index in [4.69, 9.17) is 4.74 Å². The molecule has 2 aromatic carbocycles. The summed E-state index contributed by atoms with van der Waals surface area (Å²) in [5.74, 6) is 2.21. The summed E-state index contributed by atoms with van der Waals surface area (Å²) in [4.78, 5) is 2.48. The molecule has 1 saturated heterocycles. The van der Waals surface area contributed by atoms with Gasteiger partial charge in [0.1, 0.15) is 17.1 Å². The number of fused-ring (bicyclic) bond motifs is 3. The standard InChI is InChI=1S/C27H33NO2/c1-18(8-7-11-19-9-5-4-6-10-19)21-16-22(29)25-23(17-21)30-27(2,3)26-24(25)20-12-14-28(26)15-13-20/h4-6,9-10,16-18,20,29H,7-8,11-15H2,1-3H3. The highest BCUT2D eigenvalue weighted by molar-refractivity contribution is 5.82. The molecular weight excluding hydrogens is 370 g/mol. The highest BCUT2D eigenvalue weighted by Crippen LogP contribution is 2.54. The molecule has 2 aromatic rings. The summed E-state index contributed by atoms with van der Waals surface area (Å²) in [6.07, 6.45) is 5.71. The summed E-state index contributed by atoms with van der Waals surface area (Å²) < 4.78 is 6.53. The second kappa shape index (κ2) is 7.37. The van der Waals surface area contributed by atoms with E-state index in [2.05, 4.69) is 62.1 Å². The molecule has 0 aromatic heterocycles. The molecule has 3 heteroatoms. The number of phenolic OH excluding ortho intramolecular Hbond substituents is 1. The monoisotopic (exact) mass is 403 g/mol. The maximum atomic E-state index is 11.1. The van der Waals surface area contributed by atoms with Crippen molar-refractivity contribution in [2.24, 2.45) is 5.92 Å². The molecule has 0 amide bonds. The fourth-order valence-corrected chi connectivity index (χ4v) is 5.79. The van der Waals surface area contributed by atoms with Gasteiger partial charge in [0.2, 0.25) is 0 Å². The first-order valence-electron chi connectivity index (χ1n) is 11.5. The molecule has 1 fully saturated rings. The fourth-order valence-electron chi connectivity index (χ4n) is 5.79. The first-order valence-corrected chi connectivity index (χ1v) is 11.5.